The third-order valence-corrected chi connectivity index (χ3v) is 5.86. The SMILES string of the molecule is CC(C)OC(=O)C1=CC(=C=O)c2cc(F)cc3c2N1C(=NS(=O)C(C)(C)C)CC3. The summed E-state index contributed by atoms with van der Waals surface area (Å²) in [5, 5.41) is 0. The molecule has 8 heteroatoms. The van der Waals surface area contributed by atoms with Gasteiger partial charge in [0.1, 0.15) is 34.3 Å². The Bertz CT molecular complexity index is 1010. The highest BCUT2D eigenvalue weighted by Crippen LogP contribution is 2.42. The lowest BCUT2D eigenvalue weighted by atomic mass is 9.89. The number of anilines is 1. The average molecular weight is 418 g/mol. The summed E-state index contributed by atoms with van der Waals surface area (Å²) in [5.74, 6) is 1.07. The van der Waals surface area contributed by atoms with Crippen molar-refractivity contribution in [3.8, 4) is 0 Å². The quantitative estimate of drug-likeness (QED) is 0.555. The van der Waals surface area contributed by atoms with E-state index in [1.54, 1.807) is 45.5 Å². The molecule has 0 saturated heterocycles. The molecule has 0 aliphatic carbocycles. The first-order chi connectivity index (χ1) is 13.5. The van der Waals surface area contributed by atoms with Gasteiger partial charge in [0.05, 0.1) is 22.1 Å². The number of amidine groups is 1. The third-order valence-electron chi connectivity index (χ3n) is 4.44. The highest BCUT2D eigenvalue weighted by Gasteiger charge is 2.37. The van der Waals surface area contributed by atoms with E-state index in [1.807, 2.05) is 0 Å². The molecule has 0 aromatic heterocycles. The van der Waals surface area contributed by atoms with Gasteiger partial charge in [-0.25, -0.2) is 18.2 Å². The Morgan fingerprint density at radius 2 is 2.00 bits per heavy atom. The molecule has 154 valence electrons. The number of hydrogen-bond acceptors (Lipinski definition) is 4. The summed E-state index contributed by atoms with van der Waals surface area (Å²) in [6.45, 7) is 8.84. The molecule has 1 aromatic carbocycles. The molecule has 2 aliphatic heterocycles. The van der Waals surface area contributed by atoms with Gasteiger partial charge in [-0.1, -0.05) is 0 Å². The van der Waals surface area contributed by atoms with Gasteiger partial charge in [0, 0.05) is 12.0 Å². The molecule has 29 heavy (non-hydrogen) atoms. The largest absolute Gasteiger partial charge is 0.458 e. The van der Waals surface area contributed by atoms with Gasteiger partial charge >= 0.3 is 5.97 Å². The van der Waals surface area contributed by atoms with Crippen molar-refractivity contribution >= 4 is 40.0 Å². The molecule has 2 heterocycles. The zero-order valence-corrected chi connectivity index (χ0v) is 17.9. The van der Waals surface area contributed by atoms with Crippen molar-refractivity contribution in [1.29, 1.82) is 0 Å². The van der Waals surface area contributed by atoms with Crippen molar-refractivity contribution in [2.45, 2.75) is 58.3 Å². The molecular weight excluding hydrogens is 395 g/mol. The lowest BCUT2D eigenvalue weighted by molar-refractivity contribution is -0.142. The predicted octanol–water partition coefficient (Wildman–Crippen LogP) is 3.50. The smallest absolute Gasteiger partial charge is 0.355 e. The maximum Gasteiger partial charge on any atom is 0.355 e. The second-order valence-electron chi connectivity index (χ2n) is 8.16. The van der Waals surface area contributed by atoms with E-state index in [-0.39, 0.29) is 17.4 Å². The van der Waals surface area contributed by atoms with Crippen molar-refractivity contribution in [3.05, 3.63) is 40.8 Å². The first-order valence-corrected chi connectivity index (χ1v) is 10.4. The van der Waals surface area contributed by atoms with Crippen LogP contribution in [0.15, 0.2) is 28.3 Å². The molecule has 0 saturated carbocycles. The molecule has 3 rings (SSSR count). The molecule has 1 unspecified atom stereocenters. The van der Waals surface area contributed by atoms with Crippen molar-refractivity contribution < 1.29 is 22.9 Å². The van der Waals surface area contributed by atoms with E-state index in [1.165, 1.54) is 18.2 Å². The number of nitrogens with zero attached hydrogens (tertiary/aromatic N) is 2. The predicted molar refractivity (Wildman–Crippen MR) is 111 cm³/mol. The molecule has 0 radical (unpaired) electrons. The number of rotatable bonds is 3. The monoisotopic (exact) mass is 418 g/mol. The minimum absolute atomic E-state index is 0.0610. The average Bonchev–Trinajstić information content (AvgIpc) is 2.61. The van der Waals surface area contributed by atoms with Crippen LogP contribution in [0, 0.1) is 5.82 Å². The molecule has 0 spiro atoms. The molecule has 0 amide bonds. The summed E-state index contributed by atoms with van der Waals surface area (Å²) in [7, 11) is -1.56. The number of carbonyl (C=O) groups excluding carboxylic acids is 2. The Balaban J connectivity index is 2.24. The molecule has 1 aromatic rings. The number of ether oxygens (including phenoxy) is 1. The van der Waals surface area contributed by atoms with Crippen LogP contribution in [0.1, 0.15) is 52.2 Å². The van der Waals surface area contributed by atoms with E-state index < -0.39 is 27.5 Å². The number of esters is 1. The van der Waals surface area contributed by atoms with Crippen LogP contribution in [0.4, 0.5) is 10.1 Å². The summed E-state index contributed by atoms with van der Waals surface area (Å²) in [6.07, 6.45) is 1.75. The highest BCUT2D eigenvalue weighted by atomic mass is 32.2. The van der Waals surface area contributed by atoms with Crippen molar-refractivity contribution in [3.63, 3.8) is 0 Å². The van der Waals surface area contributed by atoms with Crippen LogP contribution in [-0.2, 0) is 31.7 Å². The maximum absolute atomic E-state index is 14.1. The zero-order chi connectivity index (χ0) is 21.5. The van der Waals surface area contributed by atoms with E-state index in [0.717, 1.165) is 0 Å². The Kier molecular flexibility index (Phi) is 5.61. The van der Waals surface area contributed by atoms with Crippen LogP contribution in [-0.4, -0.2) is 32.8 Å². The molecule has 6 nitrogen and oxygen atoms in total. The van der Waals surface area contributed by atoms with E-state index in [4.69, 9.17) is 4.74 Å². The normalized spacial score (nSPS) is 18.3. The Morgan fingerprint density at radius 1 is 1.31 bits per heavy atom. The first-order valence-electron chi connectivity index (χ1n) is 9.33. The Hall–Kier alpha value is -2.57. The maximum atomic E-state index is 14.1. The second-order valence-corrected chi connectivity index (χ2v) is 10.1. The summed E-state index contributed by atoms with van der Waals surface area (Å²) in [4.78, 5) is 25.9. The Labute approximate surface area is 171 Å². The number of hydrogen-bond donors (Lipinski definition) is 0. The van der Waals surface area contributed by atoms with Gasteiger partial charge in [0.2, 0.25) is 0 Å². The summed E-state index contributed by atoms with van der Waals surface area (Å²) >= 11 is 0. The fourth-order valence-electron chi connectivity index (χ4n) is 3.17. The lowest BCUT2D eigenvalue weighted by Crippen LogP contribution is -2.41. The van der Waals surface area contributed by atoms with Gasteiger partial charge in [-0.15, -0.1) is 0 Å². The molecular formula is C21H23FN2O4S. The molecule has 0 bridgehead atoms. The number of aryl methyl sites for hydroxylation is 1. The van der Waals surface area contributed by atoms with E-state index in [2.05, 4.69) is 4.40 Å². The molecule has 0 fully saturated rings. The van der Waals surface area contributed by atoms with Crippen LogP contribution in [0.5, 0.6) is 0 Å². The number of carbonyl (C=O) groups is 1. The Morgan fingerprint density at radius 3 is 2.59 bits per heavy atom. The second kappa shape index (κ2) is 7.69. The van der Waals surface area contributed by atoms with Crippen LogP contribution >= 0.6 is 0 Å². The number of allylic oxidation sites excluding steroid dienone is 2. The van der Waals surface area contributed by atoms with Crippen LogP contribution in [0.2, 0.25) is 0 Å². The van der Waals surface area contributed by atoms with Crippen LogP contribution in [0.25, 0.3) is 5.57 Å². The van der Waals surface area contributed by atoms with E-state index in [0.29, 0.717) is 35.5 Å². The van der Waals surface area contributed by atoms with Crippen molar-refractivity contribution in [2.24, 2.45) is 4.40 Å². The topological polar surface area (TPSA) is 76.0 Å². The summed E-state index contributed by atoms with van der Waals surface area (Å²) in [6, 6.07) is 2.61. The lowest BCUT2D eigenvalue weighted by Gasteiger charge is -2.37. The van der Waals surface area contributed by atoms with Crippen LogP contribution < -0.4 is 4.90 Å². The van der Waals surface area contributed by atoms with Gasteiger partial charge < -0.3 is 4.74 Å². The van der Waals surface area contributed by atoms with E-state index >= 15 is 0 Å². The zero-order valence-electron chi connectivity index (χ0n) is 17.0. The number of halogens is 1. The van der Waals surface area contributed by atoms with Gasteiger partial charge in [-0.2, -0.15) is 4.40 Å². The molecule has 0 N–H and O–H groups in total. The molecule has 1 atom stereocenters. The first kappa shape index (κ1) is 21.1. The van der Waals surface area contributed by atoms with Crippen molar-refractivity contribution in [1.82, 2.24) is 0 Å². The van der Waals surface area contributed by atoms with Gasteiger partial charge in [0.25, 0.3) is 0 Å². The summed E-state index contributed by atoms with van der Waals surface area (Å²) < 4.78 is 35.9. The van der Waals surface area contributed by atoms with Gasteiger partial charge in [-0.05, 0) is 64.8 Å². The number of benzene rings is 1. The van der Waals surface area contributed by atoms with Gasteiger partial charge in [0.15, 0.2) is 0 Å². The van der Waals surface area contributed by atoms with E-state index in [9.17, 15) is 18.2 Å². The molecule has 2 aliphatic rings. The minimum Gasteiger partial charge on any atom is -0.458 e. The highest BCUT2D eigenvalue weighted by molar-refractivity contribution is 7.85. The summed E-state index contributed by atoms with van der Waals surface area (Å²) in [5.41, 5.74) is 1.58. The fraction of sp³-hybridized carbons (Fsp3) is 0.429. The fourth-order valence-corrected chi connectivity index (χ4v) is 3.81. The van der Waals surface area contributed by atoms with Crippen molar-refractivity contribution in [2.75, 3.05) is 4.90 Å². The van der Waals surface area contributed by atoms with Gasteiger partial charge in [-0.3, -0.25) is 4.90 Å². The minimum atomic E-state index is -1.56. The van der Waals surface area contributed by atoms with Crippen LogP contribution in [0.3, 0.4) is 0 Å². The third kappa shape index (κ3) is 4.09. The standard InChI is InChI=1S/C21H23FN2O4S/c1-12(2)28-20(26)17-9-14(11-25)16-10-15(22)8-13-6-7-18(24(17)19(13)16)23-29(27)21(3,4)5/h8-10,12H,6-7H2,1-5H3.